The molecule has 2 heterocycles. The van der Waals surface area contributed by atoms with Crippen LogP contribution in [0.3, 0.4) is 0 Å². The first-order chi connectivity index (χ1) is 14.5. The van der Waals surface area contributed by atoms with E-state index in [0.717, 1.165) is 30.7 Å². The van der Waals surface area contributed by atoms with Crippen LogP contribution in [0, 0.1) is 6.92 Å². The standard InChI is InChI=1S/C23H28ClN3O3/c1-16-4-9-20(22(28)25-12-3-15-30-2)21(26-16)17-10-13-27(14-11-17)23(29)18-5-7-19(24)8-6-18/h4-9,17H,3,10-15H2,1-2H3,(H,25,28). The Morgan fingerprint density at radius 2 is 1.87 bits per heavy atom. The summed E-state index contributed by atoms with van der Waals surface area (Å²) in [5.74, 6) is 0.0607. The van der Waals surface area contributed by atoms with Crippen molar-refractivity contribution in [3.63, 3.8) is 0 Å². The number of nitrogens with one attached hydrogen (secondary N) is 1. The molecule has 0 unspecified atom stereocenters. The third-order valence-electron chi connectivity index (χ3n) is 5.38. The lowest BCUT2D eigenvalue weighted by atomic mass is 9.89. The Kier molecular flexibility index (Phi) is 7.82. The number of pyridine rings is 1. The maximum Gasteiger partial charge on any atom is 0.253 e. The van der Waals surface area contributed by atoms with Crippen LogP contribution in [0.2, 0.25) is 5.02 Å². The number of carbonyl (C=O) groups is 2. The van der Waals surface area contributed by atoms with Crippen molar-refractivity contribution in [1.82, 2.24) is 15.2 Å². The van der Waals surface area contributed by atoms with Crippen LogP contribution in [0.15, 0.2) is 36.4 Å². The molecule has 2 amide bonds. The number of rotatable bonds is 7. The molecule has 1 aliphatic rings. The first-order valence-electron chi connectivity index (χ1n) is 10.3. The van der Waals surface area contributed by atoms with Gasteiger partial charge in [0, 0.05) is 55.5 Å². The van der Waals surface area contributed by atoms with Crippen LogP contribution >= 0.6 is 11.6 Å². The van der Waals surface area contributed by atoms with Crippen LogP contribution < -0.4 is 5.32 Å². The van der Waals surface area contributed by atoms with Crippen molar-refractivity contribution in [2.24, 2.45) is 0 Å². The number of piperidine rings is 1. The van der Waals surface area contributed by atoms with Crippen LogP contribution in [-0.4, -0.2) is 55.0 Å². The van der Waals surface area contributed by atoms with Crippen LogP contribution in [-0.2, 0) is 4.74 Å². The molecule has 2 aromatic rings. The lowest BCUT2D eigenvalue weighted by Gasteiger charge is -2.32. The van der Waals surface area contributed by atoms with Crippen LogP contribution in [0.5, 0.6) is 0 Å². The number of hydrogen-bond acceptors (Lipinski definition) is 4. The van der Waals surface area contributed by atoms with Gasteiger partial charge in [-0.05, 0) is 62.6 Å². The fraction of sp³-hybridized carbons (Fsp3) is 0.435. The largest absolute Gasteiger partial charge is 0.385 e. The van der Waals surface area contributed by atoms with E-state index in [-0.39, 0.29) is 17.7 Å². The van der Waals surface area contributed by atoms with E-state index in [1.807, 2.05) is 24.0 Å². The Bertz CT molecular complexity index is 878. The highest BCUT2D eigenvalue weighted by Crippen LogP contribution is 2.30. The highest BCUT2D eigenvalue weighted by atomic mass is 35.5. The number of ether oxygens (including phenoxy) is 1. The summed E-state index contributed by atoms with van der Waals surface area (Å²) in [7, 11) is 1.65. The maximum atomic E-state index is 12.7. The van der Waals surface area contributed by atoms with E-state index >= 15 is 0 Å². The normalized spacial score (nSPS) is 14.6. The SMILES string of the molecule is COCCCNC(=O)c1ccc(C)nc1C1CCN(C(=O)c2ccc(Cl)cc2)CC1. The van der Waals surface area contributed by atoms with Gasteiger partial charge in [-0.2, -0.15) is 0 Å². The second-order valence-electron chi connectivity index (χ2n) is 7.56. The van der Waals surface area contributed by atoms with Crippen LogP contribution in [0.25, 0.3) is 0 Å². The number of benzene rings is 1. The summed E-state index contributed by atoms with van der Waals surface area (Å²) < 4.78 is 5.03. The molecule has 0 radical (unpaired) electrons. The van der Waals surface area contributed by atoms with E-state index in [4.69, 9.17) is 21.3 Å². The quantitative estimate of drug-likeness (QED) is 0.679. The molecule has 1 fully saturated rings. The maximum absolute atomic E-state index is 12.7. The van der Waals surface area contributed by atoms with Crippen molar-refractivity contribution in [3.05, 3.63) is 63.9 Å². The van der Waals surface area contributed by atoms with Gasteiger partial charge >= 0.3 is 0 Å². The monoisotopic (exact) mass is 429 g/mol. The minimum Gasteiger partial charge on any atom is -0.385 e. The van der Waals surface area contributed by atoms with E-state index in [9.17, 15) is 9.59 Å². The van der Waals surface area contributed by atoms with Crippen molar-refractivity contribution >= 4 is 23.4 Å². The predicted molar refractivity (Wildman–Crippen MR) is 117 cm³/mol. The zero-order valence-electron chi connectivity index (χ0n) is 17.5. The molecule has 30 heavy (non-hydrogen) atoms. The second kappa shape index (κ2) is 10.5. The molecule has 1 saturated heterocycles. The second-order valence-corrected chi connectivity index (χ2v) is 8.00. The van der Waals surface area contributed by atoms with Gasteiger partial charge in [-0.25, -0.2) is 0 Å². The molecule has 1 aliphatic heterocycles. The number of nitrogens with zero attached hydrogens (tertiary/aromatic N) is 2. The molecule has 0 spiro atoms. The molecule has 7 heteroatoms. The van der Waals surface area contributed by atoms with Crippen molar-refractivity contribution in [2.75, 3.05) is 33.4 Å². The summed E-state index contributed by atoms with van der Waals surface area (Å²) >= 11 is 5.92. The summed E-state index contributed by atoms with van der Waals surface area (Å²) in [4.78, 5) is 32.0. The Morgan fingerprint density at radius 3 is 2.53 bits per heavy atom. The molecular formula is C23H28ClN3O3. The molecule has 6 nitrogen and oxygen atoms in total. The molecule has 0 bridgehead atoms. The average molecular weight is 430 g/mol. The van der Waals surface area contributed by atoms with Crippen LogP contribution in [0.4, 0.5) is 0 Å². The molecule has 160 valence electrons. The summed E-state index contributed by atoms with van der Waals surface area (Å²) in [6.07, 6.45) is 2.32. The highest BCUT2D eigenvalue weighted by molar-refractivity contribution is 6.30. The van der Waals surface area contributed by atoms with Gasteiger partial charge in [0.25, 0.3) is 11.8 Å². The predicted octanol–water partition coefficient (Wildman–Crippen LogP) is 3.83. The van der Waals surface area contributed by atoms with Gasteiger partial charge < -0.3 is 15.0 Å². The summed E-state index contributed by atoms with van der Waals surface area (Å²) in [5, 5.41) is 3.57. The van der Waals surface area contributed by atoms with Crippen LogP contribution in [0.1, 0.15) is 57.3 Å². The Hall–Kier alpha value is -2.44. The molecular weight excluding hydrogens is 402 g/mol. The number of carbonyl (C=O) groups excluding carboxylic acids is 2. The van der Waals surface area contributed by atoms with Gasteiger partial charge in [0.05, 0.1) is 11.3 Å². The van der Waals surface area contributed by atoms with Gasteiger partial charge in [-0.3, -0.25) is 14.6 Å². The van der Waals surface area contributed by atoms with Crippen molar-refractivity contribution in [2.45, 2.75) is 32.1 Å². The number of hydrogen-bond donors (Lipinski definition) is 1. The molecule has 0 atom stereocenters. The van der Waals surface area contributed by atoms with Gasteiger partial charge in [-0.1, -0.05) is 11.6 Å². The summed E-state index contributed by atoms with van der Waals surface area (Å²) in [5.41, 5.74) is 2.99. The van der Waals surface area contributed by atoms with E-state index in [0.29, 0.717) is 42.4 Å². The first-order valence-corrected chi connectivity index (χ1v) is 10.7. The van der Waals surface area contributed by atoms with Gasteiger partial charge in [-0.15, -0.1) is 0 Å². The zero-order chi connectivity index (χ0) is 21.5. The minimum absolute atomic E-state index is 0.0124. The number of aryl methyl sites for hydroxylation is 1. The number of halogens is 1. The van der Waals surface area contributed by atoms with Crippen molar-refractivity contribution < 1.29 is 14.3 Å². The van der Waals surface area contributed by atoms with E-state index in [1.165, 1.54) is 0 Å². The zero-order valence-corrected chi connectivity index (χ0v) is 18.2. The fourth-order valence-electron chi connectivity index (χ4n) is 3.72. The lowest BCUT2D eigenvalue weighted by molar-refractivity contribution is 0.0710. The lowest BCUT2D eigenvalue weighted by Crippen LogP contribution is -2.38. The topological polar surface area (TPSA) is 71.5 Å². The molecule has 0 saturated carbocycles. The van der Waals surface area contributed by atoms with Crippen molar-refractivity contribution in [3.8, 4) is 0 Å². The smallest absolute Gasteiger partial charge is 0.253 e. The average Bonchev–Trinajstić information content (AvgIpc) is 2.76. The Morgan fingerprint density at radius 1 is 1.17 bits per heavy atom. The number of methoxy groups -OCH3 is 1. The number of amides is 2. The summed E-state index contributed by atoms with van der Waals surface area (Å²) in [6, 6.07) is 10.7. The van der Waals surface area contributed by atoms with Gasteiger partial charge in [0.2, 0.25) is 0 Å². The van der Waals surface area contributed by atoms with E-state index in [2.05, 4.69) is 5.32 Å². The fourth-order valence-corrected chi connectivity index (χ4v) is 3.85. The van der Waals surface area contributed by atoms with E-state index < -0.39 is 0 Å². The number of likely N-dealkylation sites (tertiary alicyclic amines) is 1. The Balaban J connectivity index is 1.66. The summed E-state index contributed by atoms with van der Waals surface area (Å²) in [6.45, 7) is 4.38. The molecule has 1 aromatic heterocycles. The first kappa shape index (κ1) is 22.2. The third kappa shape index (κ3) is 5.58. The molecule has 3 rings (SSSR count). The minimum atomic E-state index is -0.103. The van der Waals surface area contributed by atoms with Gasteiger partial charge in [0.15, 0.2) is 0 Å². The van der Waals surface area contributed by atoms with Gasteiger partial charge in [0.1, 0.15) is 0 Å². The number of aromatic nitrogens is 1. The highest BCUT2D eigenvalue weighted by Gasteiger charge is 2.28. The van der Waals surface area contributed by atoms with Crippen molar-refractivity contribution in [1.29, 1.82) is 0 Å². The van der Waals surface area contributed by atoms with E-state index in [1.54, 1.807) is 31.4 Å². The molecule has 1 aromatic carbocycles. The third-order valence-corrected chi connectivity index (χ3v) is 5.63. The Labute approximate surface area is 182 Å². The molecule has 1 N–H and O–H groups in total. The molecule has 0 aliphatic carbocycles.